The Kier molecular flexibility index (Phi) is 3.10. The maximum Gasteiger partial charge on any atom is 0.222 e. The first kappa shape index (κ1) is 10.5. The first-order valence-electron chi connectivity index (χ1n) is 5.11. The van der Waals surface area contributed by atoms with Crippen molar-refractivity contribution in [3.8, 4) is 11.1 Å². The lowest BCUT2D eigenvalue weighted by Crippen LogP contribution is -2.01. The second-order valence-corrected chi connectivity index (χ2v) is 3.34. The molecule has 0 saturated heterocycles. The maximum atomic E-state index is 13.0. The van der Waals surface area contributed by atoms with Crippen molar-refractivity contribution in [3.63, 3.8) is 0 Å². The third-order valence-corrected chi connectivity index (χ3v) is 2.14. The molecule has 1 heterocycles. The smallest absolute Gasteiger partial charge is 0.222 e. The Bertz CT molecular complexity index is 468. The SMILES string of the molecule is CCNc1ncc(-c2cccc(F)c2)cn1. The molecule has 0 unspecified atom stereocenters. The third-order valence-electron chi connectivity index (χ3n) is 2.14. The van der Waals surface area contributed by atoms with Gasteiger partial charge in [-0.05, 0) is 24.6 Å². The molecule has 82 valence electrons. The van der Waals surface area contributed by atoms with E-state index in [1.807, 2.05) is 13.0 Å². The highest BCUT2D eigenvalue weighted by molar-refractivity contribution is 5.61. The van der Waals surface area contributed by atoms with E-state index in [9.17, 15) is 4.39 Å². The summed E-state index contributed by atoms with van der Waals surface area (Å²) >= 11 is 0. The van der Waals surface area contributed by atoms with E-state index >= 15 is 0 Å². The zero-order valence-corrected chi connectivity index (χ0v) is 8.94. The highest BCUT2D eigenvalue weighted by Crippen LogP contribution is 2.18. The minimum absolute atomic E-state index is 0.256. The van der Waals surface area contributed by atoms with Gasteiger partial charge in [-0.25, -0.2) is 14.4 Å². The third kappa shape index (κ3) is 2.34. The van der Waals surface area contributed by atoms with Crippen LogP contribution in [0.2, 0.25) is 0 Å². The van der Waals surface area contributed by atoms with Crippen LogP contribution in [0.4, 0.5) is 10.3 Å². The molecular formula is C12H12FN3. The minimum Gasteiger partial charge on any atom is -0.355 e. The van der Waals surface area contributed by atoms with E-state index in [-0.39, 0.29) is 5.82 Å². The highest BCUT2D eigenvalue weighted by Gasteiger charge is 2.00. The van der Waals surface area contributed by atoms with Crippen molar-refractivity contribution in [3.05, 3.63) is 42.5 Å². The molecule has 0 fully saturated rings. The van der Waals surface area contributed by atoms with Gasteiger partial charge in [-0.3, -0.25) is 0 Å². The summed E-state index contributed by atoms with van der Waals surface area (Å²) < 4.78 is 13.0. The zero-order valence-electron chi connectivity index (χ0n) is 8.94. The Morgan fingerprint density at radius 2 is 1.94 bits per heavy atom. The molecule has 1 aromatic carbocycles. The van der Waals surface area contributed by atoms with Gasteiger partial charge in [0, 0.05) is 24.5 Å². The van der Waals surface area contributed by atoms with Crippen LogP contribution in [0.1, 0.15) is 6.92 Å². The van der Waals surface area contributed by atoms with Crippen LogP contribution in [0.3, 0.4) is 0 Å². The normalized spacial score (nSPS) is 10.1. The fourth-order valence-corrected chi connectivity index (χ4v) is 1.39. The molecule has 16 heavy (non-hydrogen) atoms. The summed E-state index contributed by atoms with van der Waals surface area (Å²) in [5, 5.41) is 3.00. The van der Waals surface area contributed by atoms with Gasteiger partial charge >= 0.3 is 0 Å². The molecule has 3 nitrogen and oxygen atoms in total. The van der Waals surface area contributed by atoms with Crippen molar-refractivity contribution in [1.29, 1.82) is 0 Å². The molecule has 4 heteroatoms. The van der Waals surface area contributed by atoms with Crippen LogP contribution in [-0.4, -0.2) is 16.5 Å². The van der Waals surface area contributed by atoms with Crippen molar-refractivity contribution in [1.82, 2.24) is 9.97 Å². The number of hydrogen-bond acceptors (Lipinski definition) is 3. The number of halogens is 1. The van der Waals surface area contributed by atoms with E-state index in [0.717, 1.165) is 17.7 Å². The molecule has 0 spiro atoms. The lowest BCUT2D eigenvalue weighted by Gasteiger charge is -2.03. The predicted octanol–water partition coefficient (Wildman–Crippen LogP) is 2.71. The Morgan fingerprint density at radius 1 is 1.19 bits per heavy atom. The lowest BCUT2D eigenvalue weighted by molar-refractivity contribution is 0.628. The standard InChI is InChI=1S/C12H12FN3/c1-2-14-12-15-7-10(8-16-12)9-4-3-5-11(13)6-9/h3-8H,2H2,1H3,(H,14,15,16). The summed E-state index contributed by atoms with van der Waals surface area (Å²) in [5.74, 6) is 0.330. The Hall–Kier alpha value is -1.97. The van der Waals surface area contributed by atoms with Crippen molar-refractivity contribution in [2.24, 2.45) is 0 Å². The minimum atomic E-state index is -0.256. The van der Waals surface area contributed by atoms with Crippen LogP contribution in [0.25, 0.3) is 11.1 Å². The van der Waals surface area contributed by atoms with Crippen LogP contribution in [0, 0.1) is 5.82 Å². The summed E-state index contributed by atoms with van der Waals surface area (Å²) in [5.41, 5.74) is 1.59. The van der Waals surface area contributed by atoms with Gasteiger partial charge < -0.3 is 5.32 Å². The van der Waals surface area contributed by atoms with Crippen molar-refractivity contribution in [2.45, 2.75) is 6.92 Å². The number of anilines is 1. The summed E-state index contributed by atoms with van der Waals surface area (Å²) in [6.07, 6.45) is 3.36. The van der Waals surface area contributed by atoms with E-state index in [1.54, 1.807) is 18.5 Å². The van der Waals surface area contributed by atoms with Crippen LogP contribution in [0.5, 0.6) is 0 Å². The van der Waals surface area contributed by atoms with Crippen LogP contribution in [0.15, 0.2) is 36.7 Å². The second-order valence-electron chi connectivity index (χ2n) is 3.34. The van der Waals surface area contributed by atoms with Crippen molar-refractivity contribution < 1.29 is 4.39 Å². The number of hydrogen-bond donors (Lipinski definition) is 1. The van der Waals surface area contributed by atoms with Gasteiger partial charge in [0.1, 0.15) is 5.82 Å². The zero-order chi connectivity index (χ0) is 11.4. The van der Waals surface area contributed by atoms with Gasteiger partial charge in [-0.2, -0.15) is 0 Å². The second kappa shape index (κ2) is 4.70. The number of nitrogens with zero attached hydrogens (tertiary/aromatic N) is 2. The topological polar surface area (TPSA) is 37.8 Å². The summed E-state index contributed by atoms with van der Waals surface area (Å²) in [6.45, 7) is 2.75. The summed E-state index contributed by atoms with van der Waals surface area (Å²) in [4.78, 5) is 8.26. The van der Waals surface area contributed by atoms with Gasteiger partial charge in [0.15, 0.2) is 0 Å². The van der Waals surface area contributed by atoms with Gasteiger partial charge in [0.2, 0.25) is 5.95 Å². The Balaban J connectivity index is 2.27. The van der Waals surface area contributed by atoms with Crippen LogP contribution >= 0.6 is 0 Å². The number of benzene rings is 1. The van der Waals surface area contributed by atoms with Crippen LogP contribution < -0.4 is 5.32 Å². The summed E-state index contributed by atoms with van der Waals surface area (Å²) in [6, 6.07) is 6.38. The van der Waals surface area contributed by atoms with E-state index in [4.69, 9.17) is 0 Å². The monoisotopic (exact) mass is 217 g/mol. The molecule has 0 aliphatic heterocycles. The lowest BCUT2D eigenvalue weighted by atomic mass is 10.1. The molecule has 0 amide bonds. The molecule has 2 aromatic rings. The largest absolute Gasteiger partial charge is 0.355 e. The molecule has 0 saturated carbocycles. The molecule has 0 radical (unpaired) electrons. The van der Waals surface area contributed by atoms with Gasteiger partial charge in [0.05, 0.1) is 0 Å². The Labute approximate surface area is 93.4 Å². The van der Waals surface area contributed by atoms with Gasteiger partial charge in [-0.15, -0.1) is 0 Å². The van der Waals surface area contributed by atoms with E-state index in [2.05, 4.69) is 15.3 Å². The number of nitrogens with one attached hydrogen (secondary N) is 1. The Morgan fingerprint density at radius 3 is 2.56 bits per heavy atom. The summed E-state index contributed by atoms with van der Waals surface area (Å²) in [7, 11) is 0. The molecule has 0 bridgehead atoms. The van der Waals surface area contributed by atoms with Crippen LogP contribution in [-0.2, 0) is 0 Å². The predicted molar refractivity (Wildman–Crippen MR) is 61.6 cm³/mol. The number of aromatic nitrogens is 2. The fraction of sp³-hybridized carbons (Fsp3) is 0.167. The first-order valence-corrected chi connectivity index (χ1v) is 5.11. The molecule has 1 N–H and O–H groups in total. The fourth-order valence-electron chi connectivity index (χ4n) is 1.39. The van der Waals surface area contributed by atoms with Gasteiger partial charge in [0.25, 0.3) is 0 Å². The molecule has 2 rings (SSSR count). The van der Waals surface area contributed by atoms with Gasteiger partial charge in [-0.1, -0.05) is 12.1 Å². The average Bonchev–Trinajstić information content (AvgIpc) is 2.30. The van der Waals surface area contributed by atoms with E-state index in [1.165, 1.54) is 12.1 Å². The molecular weight excluding hydrogens is 205 g/mol. The molecule has 0 aliphatic rings. The average molecular weight is 217 g/mol. The number of rotatable bonds is 3. The van der Waals surface area contributed by atoms with Crippen molar-refractivity contribution >= 4 is 5.95 Å². The molecule has 0 atom stereocenters. The first-order chi connectivity index (χ1) is 7.79. The highest BCUT2D eigenvalue weighted by atomic mass is 19.1. The molecule has 0 aliphatic carbocycles. The van der Waals surface area contributed by atoms with E-state index < -0.39 is 0 Å². The quantitative estimate of drug-likeness (QED) is 0.859. The maximum absolute atomic E-state index is 13.0. The van der Waals surface area contributed by atoms with E-state index in [0.29, 0.717) is 5.95 Å². The van der Waals surface area contributed by atoms with Crippen molar-refractivity contribution in [2.75, 3.05) is 11.9 Å². The molecule has 1 aromatic heterocycles.